The van der Waals surface area contributed by atoms with Crippen molar-refractivity contribution in [1.82, 2.24) is 15.3 Å². The second kappa shape index (κ2) is 6.39. The Morgan fingerprint density at radius 1 is 1.26 bits per heavy atom. The summed E-state index contributed by atoms with van der Waals surface area (Å²) in [6.45, 7) is 2.46. The Bertz CT molecular complexity index is 784. The molecule has 0 saturated carbocycles. The van der Waals surface area contributed by atoms with Crippen LogP contribution in [0.25, 0.3) is 11.3 Å². The fourth-order valence-corrected chi connectivity index (χ4v) is 3.48. The Morgan fingerprint density at radius 2 is 2.17 bits per heavy atom. The van der Waals surface area contributed by atoms with Crippen molar-refractivity contribution in [3.05, 3.63) is 52.4 Å². The largest absolute Gasteiger partial charge is 0.444 e. The van der Waals surface area contributed by atoms with Crippen LogP contribution in [0.15, 0.2) is 51.5 Å². The van der Waals surface area contributed by atoms with Gasteiger partial charge in [0, 0.05) is 30.0 Å². The van der Waals surface area contributed by atoms with Crippen LogP contribution in [-0.2, 0) is 19.5 Å². The maximum absolute atomic E-state index is 5.26. The van der Waals surface area contributed by atoms with Gasteiger partial charge in [0.1, 0.15) is 11.6 Å². The molecular formula is C16H15N5OS. The van der Waals surface area contributed by atoms with Crippen LogP contribution >= 0.6 is 11.3 Å². The fourth-order valence-electron chi connectivity index (χ4n) is 2.47. The molecule has 0 amide bonds. The quantitative estimate of drug-likeness (QED) is 0.742. The predicted molar refractivity (Wildman–Crippen MR) is 87.7 cm³/mol. The molecule has 1 aliphatic heterocycles. The molecular weight excluding hydrogens is 310 g/mol. The summed E-state index contributed by atoms with van der Waals surface area (Å²) < 4.78 is 5.26. The van der Waals surface area contributed by atoms with Gasteiger partial charge in [0.05, 0.1) is 17.6 Å². The number of hydrogen-bond donors (Lipinski definition) is 1. The second-order valence-corrected chi connectivity index (χ2v) is 6.38. The first-order chi connectivity index (χ1) is 11.4. The number of rotatable bonds is 4. The highest BCUT2D eigenvalue weighted by Crippen LogP contribution is 2.24. The van der Waals surface area contributed by atoms with Crippen molar-refractivity contribution in [3.63, 3.8) is 0 Å². The van der Waals surface area contributed by atoms with E-state index in [0.29, 0.717) is 6.54 Å². The number of nitrogens with one attached hydrogen (secondary N) is 1. The molecule has 0 spiro atoms. The van der Waals surface area contributed by atoms with E-state index in [1.165, 1.54) is 17.0 Å². The van der Waals surface area contributed by atoms with E-state index in [0.717, 1.165) is 41.5 Å². The molecule has 1 N–H and O–H groups in total. The van der Waals surface area contributed by atoms with Gasteiger partial charge in [-0.2, -0.15) is 10.2 Å². The molecule has 4 rings (SSSR count). The maximum atomic E-state index is 5.26. The van der Waals surface area contributed by atoms with E-state index in [9.17, 15) is 0 Å². The van der Waals surface area contributed by atoms with E-state index in [2.05, 4.69) is 25.5 Å². The van der Waals surface area contributed by atoms with E-state index in [1.807, 2.05) is 24.3 Å². The molecule has 3 heterocycles. The fraction of sp³-hybridized carbons (Fsp3) is 0.250. The SMILES string of the molecule is c1ncc(-c2ccc(N=NCc3nc4c(s3)CNCC4)cc2)o1. The number of nitrogens with zero attached hydrogens (tertiary/aromatic N) is 4. The molecule has 0 aliphatic carbocycles. The van der Waals surface area contributed by atoms with Crippen molar-refractivity contribution >= 4 is 17.0 Å². The van der Waals surface area contributed by atoms with Gasteiger partial charge in [-0.25, -0.2) is 9.97 Å². The van der Waals surface area contributed by atoms with Crippen molar-refractivity contribution in [1.29, 1.82) is 0 Å². The summed E-state index contributed by atoms with van der Waals surface area (Å²) in [6.07, 6.45) is 4.12. The van der Waals surface area contributed by atoms with E-state index in [1.54, 1.807) is 17.5 Å². The average molecular weight is 325 g/mol. The third-order valence-electron chi connectivity index (χ3n) is 3.62. The first-order valence-electron chi connectivity index (χ1n) is 7.43. The van der Waals surface area contributed by atoms with Crippen LogP contribution in [0.5, 0.6) is 0 Å². The molecule has 0 radical (unpaired) electrons. The zero-order valence-corrected chi connectivity index (χ0v) is 13.2. The highest BCUT2D eigenvalue weighted by Gasteiger charge is 2.14. The van der Waals surface area contributed by atoms with Crippen molar-refractivity contribution in [3.8, 4) is 11.3 Å². The third kappa shape index (κ3) is 3.20. The van der Waals surface area contributed by atoms with Gasteiger partial charge in [-0.15, -0.1) is 11.3 Å². The highest BCUT2D eigenvalue weighted by atomic mass is 32.1. The van der Waals surface area contributed by atoms with Crippen LogP contribution < -0.4 is 5.32 Å². The van der Waals surface area contributed by atoms with Crippen LogP contribution in [0.4, 0.5) is 5.69 Å². The Kier molecular flexibility index (Phi) is 3.95. The number of fused-ring (bicyclic) bond motifs is 1. The summed E-state index contributed by atoms with van der Waals surface area (Å²) in [7, 11) is 0. The van der Waals surface area contributed by atoms with Gasteiger partial charge in [0.25, 0.3) is 0 Å². The normalized spacial score (nSPS) is 14.3. The second-order valence-electron chi connectivity index (χ2n) is 5.22. The zero-order valence-electron chi connectivity index (χ0n) is 12.4. The summed E-state index contributed by atoms with van der Waals surface area (Å²) in [4.78, 5) is 9.88. The van der Waals surface area contributed by atoms with Gasteiger partial charge in [0.15, 0.2) is 12.2 Å². The first-order valence-corrected chi connectivity index (χ1v) is 8.25. The van der Waals surface area contributed by atoms with Crippen LogP contribution in [0.3, 0.4) is 0 Å². The minimum absolute atomic E-state index is 0.529. The van der Waals surface area contributed by atoms with E-state index >= 15 is 0 Å². The lowest BCUT2D eigenvalue weighted by molar-refractivity contribution is 0.572. The van der Waals surface area contributed by atoms with Crippen molar-refractivity contribution in [2.24, 2.45) is 10.2 Å². The number of benzene rings is 1. The minimum atomic E-state index is 0.529. The molecule has 0 bridgehead atoms. The molecule has 0 unspecified atom stereocenters. The number of oxazole rings is 1. The molecule has 2 aromatic heterocycles. The van der Waals surface area contributed by atoms with Gasteiger partial charge in [0.2, 0.25) is 0 Å². The Balaban J connectivity index is 1.41. The number of thiazole rings is 1. The number of azo groups is 1. The summed E-state index contributed by atoms with van der Waals surface area (Å²) in [5, 5.41) is 12.9. The molecule has 116 valence electrons. The lowest BCUT2D eigenvalue weighted by atomic mass is 10.2. The molecule has 0 fully saturated rings. The molecule has 23 heavy (non-hydrogen) atoms. The molecule has 0 atom stereocenters. The van der Waals surface area contributed by atoms with Crippen molar-refractivity contribution < 1.29 is 4.42 Å². The van der Waals surface area contributed by atoms with Crippen LogP contribution in [-0.4, -0.2) is 16.5 Å². The molecule has 7 heteroatoms. The number of hydrogen-bond acceptors (Lipinski definition) is 7. The molecule has 1 aromatic carbocycles. The van der Waals surface area contributed by atoms with Crippen LogP contribution in [0.1, 0.15) is 15.6 Å². The van der Waals surface area contributed by atoms with E-state index < -0.39 is 0 Å². The maximum Gasteiger partial charge on any atom is 0.181 e. The third-order valence-corrected chi connectivity index (χ3v) is 4.71. The topological polar surface area (TPSA) is 75.7 Å². The zero-order chi connectivity index (χ0) is 15.5. The summed E-state index contributed by atoms with van der Waals surface area (Å²) in [5.74, 6) is 0.746. The summed E-state index contributed by atoms with van der Waals surface area (Å²) >= 11 is 1.72. The van der Waals surface area contributed by atoms with Gasteiger partial charge in [-0.05, 0) is 24.3 Å². The van der Waals surface area contributed by atoms with E-state index in [-0.39, 0.29) is 0 Å². The first kappa shape index (κ1) is 14.2. The highest BCUT2D eigenvalue weighted by molar-refractivity contribution is 7.11. The molecule has 0 saturated heterocycles. The molecule has 1 aliphatic rings. The average Bonchev–Trinajstić information content (AvgIpc) is 3.25. The summed E-state index contributed by atoms with van der Waals surface area (Å²) in [5.41, 5.74) is 3.01. The van der Waals surface area contributed by atoms with Crippen molar-refractivity contribution in [2.75, 3.05) is 6.54 Å². The van der Waals surface area contributed by atoms with Gasteiger partial charge < -0.3 is 9.73 Å². The van der Waals surface area contributed by atoms with Crippen LogP contribution in [0, 0.1) is 0 Å². The summed E-state index contributed by atoms with van der Waals surface area (Å²) in [6, 6.07) is 7.72. The van der Waals surface area contributed by atoms with Crippen molar-refractivity contribution in [2.45, 2.75) is 19.5 Å². The Hall–Kier alpha value is -2.38. The predicted octanol–water partition coefficient (Wildman–Crippen LogP) is 3.73. The molecule has 6 nitrogen and oxygen atoms in total. The van der Waals surface area contributed by atoms with Gasteiger partial charge in [-0.3, -0.25) is 0 Å². The lowest BCUT2D eigenvalue weighted by Crippen LogP contribution is -2.22. The lowest BCUT2D eigenvalue weighted by Gasteiger charge is -2.09. The Morgan fingerprint density at radius 3 is 2.96 bits per heavy atom. The molecule has 3 aromatic rings. The number of aromatic nitrogens is 2. The Labute approximate surface area is 137 Å². The van der Waals surface area contributed by atoms with E-state index in [4.69, 9.17) is 4.42 Å². The van der Waals surface area contributed by atoms with Gasteiger partial charge >= 0.3 is 0 Å². The smallest absolute Gasteiger partial charge is 0.181 e. The standard InChI is InChI=1S/C16H15N5OS/c1-3-12(4-2-11(1)14-7-18-10-22-14)21-19-9-16-20-13-5-6-17-8-15(13)23-16/h1-4,7,10,17H,5-6,8-9H2. The van der Waals surface area contributed by atoms with Crippen LogP contribution in [0.2, 0.25) is 0 Å². The minimum Gasteiger partial charge on any atom is -0.444 e. The monoisotopic (exact) mass is 325 g/mol. The van der Waals surface area contributed by atoms with Gasteiger partial charge in [-0.1, -0.05) is 0 Å².